The van der Waals surface area contributed by atoms with Gasteiger partial charge in [0.25, 0.3) is 0 Å². The average Bonchev–Trinajstić information content (AvgIpc) is 3.07. The summed E-state index contributed by atoms with van der Waals surface area (Å²) in [5.74, 6) is 0. The normalized spacial score (nSPS) is 10.3. The van der Waals surface area contributed by atoms with Gasteiger partial charge < -0.3 is 18.8 Å². The second kappa shape index (κ2) is 17.3. The molecule has 44 heavy (non-hydrogen) atoms. The van der Waals surface area contributed by atoms with E-state index in [9.17, 15) is 0 Å². The van der Waals surface area contributed by atoms with Gasteiger partial charge in [-0.25, -0.2) is 0 Å². The fourth-order valence-electron chi connectivity index (χ4n) is 5.21. The molecule has 0 aliphatic carbocycles. The second-order valence-electron chi connectivity index (χ2n) is 9.81. The van der Waals surface area contributed by atoms with Crippen LogP contribution in [0.1, 0.15) is 33.4 Å². The zero-order valence-electron chi connectivity index (χ0n) is 24.0. The molecule has 0 aliphatic heterocycles. The Morgan fingerprint density at radius 3 is 0.455 bits per heavy atom. The third-order valence-corrected chi connectivity index (χ3v) is 7.37. The largest absolute Gasteiger partial charge is 1.00 e. The van der Waals surface area contributed by atoms with Crippen LogP contribution in [0.25, 0.3) is 0 Å². The maximum atomic E-state index is 6.86. The molecule has 6 heteroatoms. The Bertz CT molecular complexity index is 1270. The first-order valence-electron chi connectivity index (χ1n) is 13.5. The van der Waals surface area contributed by atoms with Gasteiger partial charge >= 0.3 is 242 Å². The third-order valence-electron chi connectivity index (χ3n) is 7.37. The van der Waals surface area contributed by atoms with E-state index in [2.05, 4.69) is 72.8 Å². The third kappa shape index (κ3) is 7.76. The summed E-state index contributed by atoms with van der Waals surface area (Å²) in [5, 5.41) is -1.24. The van der Waals surface area contributed by atoms with Crippen LogP contribution in [0.4, 0.5) is 0 Å². The molecule has 0 heterocycles. The van der Waals surface area contributed by atoms with Gasteiger partial charge in [0.2, 0.25) is 0 Å². The molecular weight excluding hydrogens is 554 g/mol. The number of hydrogen-bond acceptors (Lipinski definition) is 0. The quantitative estimate of drug-likeness (QED) is 0.108. The SMILES string of the molecule is [B+2]C(c1ccccc1)(c1ccccc1)c1ccccc1.[B+2]C(c1ccccc1)(c1ccccc1)c1ccccc1.[F-].[F-].[F-].[F-]. The molecule has 0 aliphatic rings. The van der Waals surface area contributed by atoms with Gasteiger partial charge in [-0.15, -0.1) is 0 Å². The van der Waals surface area contributed by atoms with Crippen LogP contribution in [0, 0.1) is 0 Å². The van der Waals surface area contributed by atoms with Crippen molar-refractivity contribution in [1.82, 2.24) is 0 Å². The second-order valence-corrected chi connectivity index (χ2v) is 9.81. The summed E-state index contributed by atoms with van der Waals surface area (Å²) in [4.78, 5) is 0. The monoisotopic (exact) mass is 584 g/mol. The Morgan fingerprint density at radius 1 is 0.227 bits per heavy atom. The zero-order chi connectivity index (χ0) is 27.7. The van der Waals surface area contributed by atoms with Crippen molar-refractivity contribution in [3.05, 3.63) is 215 Å². The first-order chi connectivity index (χ1) is 19.6. The molecule has 0 aromatic heterocycles. The fraction of sp³-hybridized carbons (Fsp3) is 0.0526. The van der Waals surface area contributed by atoms with Crippen molar-refractivity contribution in [1.29, 1.82) is 0 Å². The van der Waals surface area contributed by atoms with Crippen LogP contribution in [-0.2, 0) is 10.6 Å². The van der Waals surface area contributed by atoms with Gasteiger partial charge in [0.1, 0.15) is 0 Å². The molecule has 6 aromatic carbocycles. The Hall–Kier alpha value is -4.83. The molecule has 6 rings (SSSR count). The van der Waals surface area contributed by atoms with Crippen molar-refractivity contribution in [2.24, 2.45) is 0 Å². The van der Waals surface area contributed by atoms with Crippen LogP contribution in [0.3, 0.4) is 0 Å². The molecule has 0 radical (unpaired) electrons. The van der Waals surface area contributed by atoms with Gasteiger partial charge in [-0.1, -0.05) is 0 Å². The maximum absolute atomic E-state index is 6.86. The average molecular weight is 584 g/mol. The van der Waals surface area contributed by atoms with Gasteiger partial charge in [-0.3, -0.25) is 0 Å². The van der Waals surface area contributed by atoms with Crippen LogP contribution >= 0.6 is 0 Å². The summed E-state index contributed by atoms with van der Waals surface area (Å²) >= 11 is 0. The van der Waals surface area contributed by atoms with Gasteiger partial charge in [0.05, 0.1) is 0 Å². The Labute approximate surface area is 260 Å². The Kier molecular flexibility index (Phi) is 14.6. The molecule has 0 saturated heterocycles. The minimum absolute atomic E-state index is 0. The molecule has 216 valence electrons. The van der Waals surface area contributed by atoms with Gasteiger partial charge in [-0.05, 0) is 0 Å². The van der Waals surface area contributed by atoms with E-state index >= 15 is 0 Å². The summed E-state index contributed by atoms with van der Waals surface area (Å²) in [5.41, 5.74) is 6.57. The molecular formula is C38H30B2F4. The van der Waals surface area contributed by atoms with E-state index in [0.29, 0.717) is 0 Å². The van der Waals surface area contributed by atoms with Crippen molar-refractivity contribution in [2.75, 3.05) is 0 Å². The molecule has 0 spiro atoms. The van der Waals surface area contributed by atoms with E-state index in [1.165, 1.54) is 0 Å². The summed E-state index contributed by atoms with van der Waals surface area (Å²) in [6.45, 7) is 0. The predicted octanol–water partition coefficient (Wildman–Crippen LogP) is -3.69. The van der Waals surface area contributed by atoms with Crippen molar-refractivity contribution in [3.8, 4) is 0 Å². The standard InChI is InChI=1S/2C19H15B.4FH/c2*20-19(16-10-4-1-5-11-16,17-12-6-2-7-13-17)18-14-8-3-9-15-18;;;;/h2*1-15H;4*1H/q2*+2;;;;/p-4. The van der Waals surface area contributed by atoms with Crippen molar-refractivity contribution in [2.45, 2.75) is 10.6 Å². The number of benzene rings is 6. The molecule has 0 N–H and O–H groups in total. The molecule has 0 saturated carbocycles. The van der Waals surface area contributed by atoms with Gasteiger partial charge in [0, 0.05) is 0 Å². The van der Waals surface area contributed by atoms with E-state index in [-0.39, 0.29) is 18.8 Å². The summed E-state index contributed by atoms with van der Waals surface area (Å²) in [6, 6.07) is 61.4. The number of hydrogen-bond donors (Lipinski definition) is 0. The van der Waals surface area contributed by atoms with Crippen molar-refractivity contribution in [3.63, 3.8) is 0 Å². The van der Waals surface area contributed by atoms with Crippen LogP contribution < -0.4 is 18.8 Å². The van der Waals surface area contributed by atoms with Gasteiger partial charge in [-0.2, -0.15) is 0 Å². The van der Waals surface area contributed by atoms with Crippen LogP contribution in [0.2, 0.25) is 0 Å². The van der Waals surface area contributed by atoms with E-state index < -0.39 is 10.6 Å². The molecule has 0 nitrogen and oxygen atoms in total. The molecule has 6 aromatic rings. The molecule has 0 bridgehead atoms. The van der Waals surface area contributed by atoms with E-state index in [4.69, 9.17) is 15.7 Å². The molecule has 0 atom stereocenters. The van der Waals surface area contributed by atoms with Crippen LogP contribution in [0.5, 0.6) is 0 Å². The zero-order valence-corrected chi connectivity index (χ0v) is 24.0. The summed E-state index contributed by atoms with van der Waals surface area (Å²) in [7, 11) is 13.7. The van der Waals surface area contributed by atoms with E-state index in [1.54, 1.807) is 0 Å². The smallest absolute Gasteiger partial charge is 1.00 e. The van der Waals surface area contributed by atoms with Crippen molar-refractivity contribution < 1.29 is 18.8 Å². The fourth-order valence-corrected chi connectivity index (χ4v) is 5.21. The maximum Gasteiger partial charge on any atom is -1.00 e. The minimum Gasteiger partial charge on any atom is -1.00 e. The van der Waals surface area contributed by atoms with Crippen LogP contribution in [-0.4, -0.2) is 15.7 Å². The topological polar surface area (TPSA) is 0 Å². The number of rotatable bonds is 6. The first kappa shape index (κ1) is 37.2. The van der Waals surface area contributed by atoms with Crippen molar-refractivity contribution >= 4 is 15.7 Å². The summed E-state index contributed by atoms with van der Waals surface area (Å²) in [6.07, 6.45) is 0. The molecule has 0 fully saturated rings. The summed E-state index contributed by atoms with van der Waals surface area (Å²) < 4.78 is 0. The predicted molar refractivity (Wildman–Crippen MR) is 170 cm³/mol. The van der Waals surface area contributed by atoms with Gasteiger partial charge in [0.15, 0.2) is 0 Å². The van der Waals surface area contributed by atoms with E-state index in [1.807, 2.05) is 109 Å². The Morgan fingerprint density at radius 2 is 0.341 bits per heavy atom. The minimum atomic E-state index is -0.621. The molecule has 0 amide bonds. The van der Waals surface area contributed by atoms with Crippen LogP contribution in [0.15, 0.2) is 182 Å². The Balaban J connectivity index is 0.000000403. The first-order valence-corrected chi connectivity index (χ1v) is 13.5. The molecule has 0 unspecified atom stereocenters. The van der Waals surface area contributed by atoms with E-state index in [0.717, 1.165) is 33.4 Å². The number of halogens is 4.